The van der Waals surface area contributed by atoms with Crippen molar-refractivity contribution in [1.82, 2.24) is 9.55 Å². The van der Waals surface area contributed by atoms with Crippen LogP contribution in [-0.4, -0.2) is 21.9 Å². The number of halogens is 1. The van der Waals surface area contributed by atoms with Gasteiger partial charge in [-0.1, -0.05) is 0 Å². The molecule has 0 fully saturated rings. The predicted octanol–water partition coefficient (Wildman–Crippen LogP) is 2.57. The Morgan fingerprint density at radius 3 is 2.76 bits per heavy atom. The second-order valence-corrected chi connectivity index (χ2v) is 3.93. The molecule has 5 heteroatoms. The summed E-state index contributed by atoms with van der Waals surface area (Å²) in [5.41, 5.74) is 2.13. The summed E-state index contributed by atoms with van der Waals surface area (Å²) in [6.45, 7) is 1.90. The fourth-order valence-electron chi connectivity index (χ4n) is 1.57. The van der Waals surface area contributed by atoms with Crippen molar-refractivity contribution < 1.29 is 9.53 Å². The van der Waals surface area contributed by atoms with Gasteiger partial charge in [-0.3, -0.25) is 4.79 Å². The Morgan fingerprint density at radius 1 is 1.47 bits per heavy atom. The number of aryl methyl sites for hydroxylation is 1. The fraction of sp³-hybridized carbons (Fsp3) is 0.167. The van der Waals surface area contributed by atoms with E-state index in [0.29, 0.717) is 11.3 Å². The van der Waals surface area contributed by atoms with Crippen molar-refractivity contribution in [3.8, 4) is 11.4 Å². The standard InChI is InChI=1S/C12H11ClN2O2/c1-8-6-15(7-14-8)10-4-3-9(12(13)16)5-11(10)17-2/h3-7H,1-2H3. The van der Waals surface area contributed by atoms with Gasteiger partial charge in [0.2, 0.25) is 0 Å². The number of methoxy groups -OCH3 is 1. The zero-order chi connectivity index (χ0) is 12.4. The van der Waals surface area contributed by atoms with Gasteiger partial charge in [-0.25, -0.2) is 4.98 Å². The minimum Gasteiger partial charge on any atom is -0.495 e. The molecule has 0 spiro atoms. The number of carbonyl (C=O) groups is 1. The Balaban J connectivity index is 2.51. The molecule has 0 amide bonds. The maximum atomic E-state index is 11.1. The van der Waals surface area contributed by atoms with Crippen LogP contribution in [0.5, 0.6) is 5.75 Å². The molecular weight excluding hydrogens is 240 g/mol. The van der Waals surface area contributed by atoms with E-state index in [-0.39, 0.29) is 0 Å². The molecule has 1 aromatic carbocycles. The summed E-state index contributed by atoms with van der Waals surface area (Å²) in [6.07, 6.45) is 3.56. The van der Waals surface area contributed by atoms with E-state index < -0.39 is 5.24 Å². The molecule has 0 saturated heterocycles. The van der Waals surface area contributed by atoms with Gasteiger partial charge >= 0.3 is 0 Å². The highest BCUT2D eigenvalue weighted by Gasteiger charge is 2.09. The molecule has 0 atom stereocenters. The molecule has 0 unspecified atom stereocenters. The molecule has 0 aliphatic rings. The van der Waals surface area contributed by atoms with Gasteiger partial charge < -0.3 is 9.30 Å². The molecule has 0 aliphatic heterocycles. The molecule has 0 N–H and O–H groups in total. The molecule has 1 heterocycles. The fourth-order valence-corrected chi connectivity index (χ4v) is 1.68. The first-order valence-corrected chi connectivity index (χ1v) is 5.38. The summed E-state index contributed by atoms with van der Waals surface area (Å²) in [4.78, 5) is 15.2. The molecule has 2 aromatic rings. The summed E-state index contributed by atoms with van der Waals surface area (Å²) in [7, 11) is 1.55. The Morgan fingerprint density at radius 2 is 2.24 bits per heavy atom. The van der Waals surface area contributed by atoms with Crippen LogP contribution in [0.2, 0.25) is 0 Å². The van der Waals surface area contributed by atoms with Gasteiger partial charge in [0, 0.05) is 11.8 Å². The number of rotatable bonds is 3. The van der Waals surface area contributed by atoms with Crippen LogP contribution in [0.25, 0.3) is 5.69 Å². The highest BCUT2D eigenvalue weighted by molar-refractivity contribution is 6.67. The average molecular weight is 251 g/mol. The van der Waals surface area contributed by atoms with Crippen molar-refractivity contribution >= 4 is 16.8 Å². The number of nitrogens with zero attached hydrogens (tertiary/aromatic N) is 2. The molecular formula is C12H11ClN2O2. The van der Waals surface area contributed by atoms with Gasteiger partial charge in [-0.15, -0.1) is 0 Å². The summed E-state index contributed by atoms with van der Waals surface area (Å²) in [5, 5.41) is -0.503. The first-order valence-electron chi connectivity index (χ1n) is 5.00. The number of ether oxygens (including phenoxy) is 1. The number of imidazole rings is 1. The summed E-state index contributed by atoms with van der Waals surface area (Å²) < 4.78 is 7.07. The van der Waals surface area contributed by atoms with E-state index in [4.69, 9.17) is 16.3 Å². The summed E-state index contributed by atoms with van der Waals surface area (Å²) in [5.74, 6) is 0.578. The van der Waals surface area contributed by atoms with Gasteiger partial charge in [0.15, 0.2) is 0 Å². The van der Waals surface area contributed by atoms with E-state index in [9.17, 15) is 4.79 Å². The molecule has 88 valence electrons. The van der Waals surface area contributed by atoms with Crippen LogP contribution in [0.3, 0.4) is 0 Å². The lowest BCUT2D eigenvalue weighted by Gasteiger charge is -2.09. The van der Waals surface area contributed by atoms with Gasteiger partial charge in [0.1, 0.15) is 5.75 Å². The van der Waals surface area contributed by atoms with Crippen LogP contribution in [-0.2, 0) is 0 Å². The third-order valence-corrected chi connectivity index (χ3v) is 2.61. The van der Waals surface area contributed by atoms with Crippen molar-refractivity contribution in [3.05, 3.63) is 42.0 Å². The molecule has 0 saturated carbocycles. The lowest BCUT2D eigenvalue weighted by atomic mass is 10.2. The van der Waals surface area contributed by atoms with Crippen LogP contribution < -0.4 is 4.74 Å². The minimum absolute atomic E-state index is 0.407. The predicted molar refractivity (Wildman–Crippen MR) is 65.0 cm³/mol. The van der Waals surface area contributed by atoms with Crippen molar-refractivity contribution in [1.29, 1.82) is 0 Å². The smallest absolute Gasteiger partial charge is 0.252 e. The summed E-state index contributed by atoms with van der Waals surface area (Å²) >= 11 is 5.42. The second kappa shape index (κ2) is 4.59. The summed E-state index contributed by atoms with van der Waals surface area (Å²) in [6, 6.07) is 5.04. The molecule has 1 aromatic heterocycles. The van der Waals surface area contributed by atoms with Crippen LogP contribution in [0.4, 0.5) is 0 Å². The van der Waals surface area contributed by atoms with Crippen molar-refractivity contribution in [2.24, 2.45) is 0 Å². The van der Waals surface area contributed by atoms with Crippen molar-refractivity contribution in [2.75, 3.05) is 7.11 Å². The van der Waals surface area contributed by atoms with Crippen LogP contribution in [0.1, 0.15) is 16.1 Å². The second-order valence-electron chi connectivity index (χ2n) is 3.58. The molecule has 0 bridgehead atoms. The topological polar surface area (TPSA) is 44.1 Å². The van der Waals surface area contributed by atoms with Crippen LogP contribution >= 0.6 is 11.6 Å². The van der Waals surface area contributed by atoms with Crippen molar-refractivity contribution in [2.45, 2.75) is 6.92 Å². The van der Waals surface area contributed by atoms with E-state index in [1.165, 1.54) is 0 Å². The van der Waals surface area contributed by atoms with Crippen LogP contribution in [0.15, 0.2) is 30.7 Å². The van der Waals surface area contributed by atoms with Gasteiger partial charge in [0.25, 0.3) is 5.24 Å². The lowest BCUT2D eigenvalue weighted by Crippen LogP contribution is -1.98. The maximum absolute atomic E-state index is 11.1. The number of carbonyl (C=O) groups excluding carboxylic acids is 1. The molecule has 2 rings (SSSR count). The number of benzene rings is 1. The Labute approximate surface area is 104 Å². The lowest BCUT2D eigenvalue weighted by molar-refractivity contribution is 0.108. The number of hydrogen-bond acceptors (Lipinski definition) is 3. The van der Waals surface area contributed by atoms with Gasteiger partial charge in [-0.05, 0) is 36.7 Å². The molecule has 0 radical (unpaired) electrons. The third-order valence-electron chi connectivity index (χ3n) is 2.40. The monoisotopic (exact) mass is 250 g/mol. The number of aromatic nitrogens is 2. The van der Waals surface area contributed by atoms with Crippen molar-refractivity contribution in [3.63, 3.8) is 0 Å². The largest absolute Gasteiger partial charge is 0.495 e. The average Bonchev–Trinajstić information content (AvgIpc) is 2.74. The van der Waals surface area contributed by atoms with E-state index in [0.717, 1.165) is 11.4 Å². The number of hydrogen-bond donors (Lipinski definition) is 0. The van der Waals surface area contributed by atoms with E-state index >= 15 is 0 Å². The van der Waals surface area contributed by atoms with E-state index in [2.05, 4.69) is 4.98 Å². The zero-order valence-electron chi connectivity index (χ0n) is 9.48. The molecule has 0 aliphatic carbocycles. The van der Waals surface area contributed by atoms with E-state index in [1.807, 2.05) is 17.7 Å². The van der Waals surface area contributed by atoms with E-state index in [1.54, 1.807) is 31.6 Å². The molecule has 4 nitrogen and oxygen atoms in total. The van der Waals surface area contributed by atoms with Crippen LogP contribution in [0, 0.1) is 6.92 Å². The molecule has 17 heavy (non-hydrogen) atoms. The quantitative estimate of drug-likeness (QED) is 0.787. The normalized spacial score (nSPS) is 10.3. The first-order chi connectivity index (χ1) is 8.11. The SMILES string of the molecule is COc1cc(C(=O)Cl)ccc1-n1cnc(C)c1. The minimum atomic E-state index is -0.503. The third kappa shape index (κ3) is 2.31. The highest BCUT2D eigenvalue weighted by Crippen LogP contribution is 2.25. The Kier molecular flexibility index (Phi) is 3.15. The first kappa shape index (κ1) is 11.7. The maximum Gasteiger partial charge on any atom is 0.252 e. The highest BCUT2D eigenvalue weighted by atomic mass is 35.5. The van der Waals surface area contributed by atoms with Gasteiger partial charge in [0.05, 0.1) is 24.8 Å². The zero-order valence-corrected chi connectivity index (χ0v) is 10.2. The Bertz CT molecular complexity index is 563. The van der Waals surface area contributed by atoms with Gasteiger partial charge in [-0.2, -0.15) is 0 Å². The Hall–Kier alpha value is -1.81.